The van der Waals surface area contributed by atoms with Gasteiger partial charge in [0.05, 0.1) is 6.54 Å². The van der Waals surface area contributed by atoms with E-state index in [1.54, 1.807) is 6.07 Å². The van der Waals surface area contributed by atoms with Crippen LogP contribution >= 0.6 is 11.6 Å². The van der Waals surface area contributed by atoms with E-state index in [0.717, 1.165) is 30.5 Å². The van der Waals surface area contributed by atoms with E-state index >= 15 is 0 Å². The fourth-order valence-electron chi connectivity index (χ4n) is 2.46. The first kappa shape index (κ1) is 22.5. The zero-order chi connectivity index (χ0) is 20.2. The molecule has 1 heterocycles. The number of nitrogens with one attached hydrogen (secondary N) is 2. The number of hydrogen-bond acceptors (Lipinski definition) is 5. The maximum atomic E-state index is 12.3. The summed E-state index contributed by atoms with van der Waals surface area (Å²) in [5, 5.41) is 14.8. The third-order valence-corrected chi connectivity index (χ3v) is 4.13. The maximum Gasteiger partial charge on any atom is 0.239 e. The summed E-state index contributed by atoms with van der Waals surface area (Å²) in [4.78, 5) is 12.3. The second kappa shape index (κ2) is 12.0. The molecule has 2 aromatic rings. The van der Waals surface area contributed by atoms with Crippen LogP contribution in [0.4, 0.5) is 5.69 Å². The second-order valence-corrected chi connectivity index (χ2v) is 6.40. The standard InChI is InChI=1S/C18H25ClN4O2.C2H2/c1-4-6-7-15(18-23-22-17(5-2)25-18)21-16(24)11-20-14-9-8-13(19)10-12(14)3;1-2/h8-10,15,20H,4-7,11H2,1-3H3,(H,21,24);1-2H. The van der Waals surface area contributed by atoms with E-state index in [-0.39, 0.29) is 18.5 Å². The number of nitrogens with zero attached hydrogens (tertiary/aromatic N) is 2. The highest BCUT2D eigenvalue weighted by molar-refractivity contribution is 6.30. The zero-order valence-electron chi connectivity index (χ0n) is 16.1. The van der Waals surface area contributed by atoms with Crippen LogP contribution in [0.25, 0.3) is 0 Å². The number of anilines is 1. The lowest BCUT2D eigenvalue weighted by atomic mass is 10.1. The molecular weight excluding hydrogens is 364 g/mol. The van der Waals surface area contributed by atoms with Gasteiger partial charge in [-0.1, -0.05) is 38.3 Å². The molecule has 0 fully saturated rings. The fourth-order valence-corrected chi connectivity index (χ4v) is 2.69. The molecule has 0 aliphatic heterocycles. The number of carbonyl (C=O) groups is 1. The normalized spacial score (nSPS) is 11.2. The van der Waals surface area contributed by atoms with Crippen LogP contribution in [0.1, 0.15) is 56.5 Å². The van der Waals surface area contributed by atoms with Crippen molar-refractivity contribution in [3.63, 3.8) is 0 Å². The number of halogens is 1. The van der Waals surface area contributed by atoms with Gasteiger partial charge in [-0.3, -0.25) is 4.79 Å². The van der Waals surface area contributed by atoms with Crippen molar-refractivity contribution in [2.45, 2.75) is 52.5 Å². The molecule has 6 nitrogen and oxygen atoms in total. The van der Waals surface area contributed by atoms with E-state index in [4.69, 9.17) is 16.0 Å². The second-order valence-electron chi connectivity index (χ2n) is 5.96. The van der Waals surface area contributed by atoms with Gasteiger partial charge in [-0.05, 0) is 37.1 Å². The van der Waals surface area contributed by atoms with E-state index in [9.17, 15) is 4.79 Å². The van der Waals surface area contributed by atoms with Gasteiger partial charge in [-0.25, -0.2) is 0 Å². The van der Waals surface area contributed by atoms with Crippen LogP contribution in [0, 0.1) is 19.8 Å². The molecule has 7 heteroatoms. The van der Waals surface area contributed by atoms with Crippen molar-refractivity contribution < 1.29 is 9.21 Å². The van der Waals surface area contributed by atoms with Crippen LogP contribution in [0.3, 0.4) is 0 Å². The molecule has 1 unspecified atom stereocenters. The summed E-state index contributed by atoms with van der Waals surface area (Å²) < 4.78 is 5.62. The lowest BCUT2D eigenvalue weighted by Crippen LogP contribution is -2.33. The van der Waals surface area contributed by atoms with Crippen molar-refractivity contribution in [1.29, 1.82) is 0 Å². The van der Waals surface area contributed by atoms with Crippen LogP contribution in [0.5, 0.6) is 0 Å². The number of hydrogen-bond donors (Lipinski definition) is 2. The molecule has 1 aromatic heterocycles. The molecule has 0 saturated carbocycles. The topological polar surface area (TPSA) is 80.0 Å². The van der Waals surface area contributed by atoms with E-state index < -0.39 is 0 Å². The number of amides is 1. The van der Waals surface area contributed by atoms with Crippen LogP contribution in [-0.4, -0.2) is 22.6 Å². The Bertz CT molecular complexity index is 743. The van der Waals surface area contributed by atoms with Crippen molar-refractivity contribution in [2.75, 3.05) is 11.9 Å². The molecule has 0 spiro atoms. The summed E-state index contributed by atoms with van der Waals surface area (Å²) in [6.45, 7) is 6.17. The summed E-state index contributed by atoms with van der Waals surface area (Å²) >= 11 is 5.95. The molecule has 0 saturated heterocycles. The molecule has 0 radical (unpaired) electrons. The number of aromatic nitrogens is 2. The lowest BCUT2D eigenvalue weighted by molar-refractivity contribution is -0.120. The Morgan fingerprint density at radius 3 is 2.63 bits per heavy atom. The molecule has 0 aliphatic carbocycles. The van der Waals surface area contributed by atoms with Crippen molar-refractivity contribution in [3.05, 3.63) is 40.6 Å². The van der Waals surface area contributed by atoms with Crippen LogP contribution in [-0.2, 0) is 11.2 Å². The minimum atomic E-state index is -0.256. The highest BCUT2D eigenvalue weighted by Crippen LogP contribution is 2.20. The predicted molar refractivity (Wildman–Crippen MR) is 109 cm³/mol. The number of unbranched alkanes of at least 4 members (excludes halogenated alkanes) is 1. The molecule has 0 aliphatic rings. The van der Waals surface area contributed by atoms with Gasteiger partial charge in [0.15, 0.2) is 0 Å². The van der Waals surface area contributed by atoms with E-state index in [1.807, 2.05) is 26.0 Å². The zero-order valence-corrected chi connectivity index (χ0v) is 16.8. The first-order valence-electron chi connectivity index (χ1n) is 8.98. The van der Waals surface area contributed by atoms with Crippen molar-refractivity contribution in [2.24, 2.45) is 0 Å². The van der Waals surface area contributed by atoms with E-state index in [1.165, 1.54) is 0 Å². The Balaban J connectivity index is 0.00000176. The Kier molecular flexibility index (Phi) is 9.99. The van der Waals surface area contributed by atoms with Gasteiger partial charge >= 0.3 is 0 Å². The largest absolute Gasteiger partial charge is 0.423 e. The first-order valence-corrected chi connectivity index (χ1v) is 9.36. The van der Waals surface area contributed by atoms with Crippen molar-refractivity contribution in [3.8, 4) is 12.8 Å². The summed E-state index contributed by atoms with van der Waals surface area (Å²) in [6, 6.07) is 5.26. The molecule has 1 atom stereocenters. The number of aryl methyl sites for hydroxylation is 2. The number of carbonyl (C=O) groups excluding carboxylic acids is 1. The van der Waals surface area contributed by atoms with Gasteiger partial charge in [-0.15, -0.1) is 23.0 Å². The number of benzene rings is 1. The molecule has 146 valence electrons. The molecule has 27 heavy (non-hydrogen) atoms. The monoisotopic (exact) mass is 390 g/mol. The van der Waals surface area contributed by atoms with E-state index in [2.05, 4.69) is 40.6 Å². The summed E-state index contributed by atoms with van der Waals surface area (Å²) in [7, 11) is 0. The molecule has 2 rings (SSSR count). The molecule has 0 bridgehead atoms. The molecular formula is C20H27ClN4O2. The van der Waals surface area contributed by atoms with E-state index in [0.29, 0.717) is 23.2 Å². The summed E-state index contributed by atoms with van der Waals surface area (Å²) in [5.74, 6) is 0.939. The average molecular weight is 391 g/mol. The van der Waals surface area contributed by atoms with Gasteiger partial charge in [0.1, 0.15) is 6.04 Å². The van der Waals surface area contributed by atoms with Crippen LogP contribution in [0.15, 0.2) is 22.6 Å². The minimum Gasteiger partial charge on any atom is -0.423 e. The first-order chi connectivity index (χ1) is 13.0. The SMILES string of the molecule is C#C.CCCCC(NC(=O)CNc1ccc(Cl)cc1C)c1nnc(CC)o1. The Morgan fingerprint density at radius 1 is 1.30 bits per heavy atom. The fraction of sp³-hybridized carbons (Fsp3) is 0.450. The minimum absolute atomic E-state index is 0.119. The van der Waals surface area contributed by atoms with Gasteiger partial charge in [0.2, 0.25) is 17.7 Å². The highest BCUT2D eigenvalue weighted by Gasteiger charge is 2.20. The van der Waals surface area contributed by atoms with Crippen LogP contribution in [0.2, 0.25) is 5.02 Å². The third-order valence-electron chi connectivity index (χ3n) is 3.89. The van der Waals surface area contributed by atoms with Crippen molar-refractivity contribution >= 4 is 23.2 Å². The van der Waals surface area contributed by atoms with Gasteiger partial charge in [0.25, 0.3) is 0 Å². The Morgan fingerprint density at radius 2 is 2.04 bits per heavy atom. The average Bonchev–Trinajstić information content (AvgIpc) is 3.15. The predicted octanol–water partition coefficient (Wildman–Crippen LogP) is 4.30. The third kappa shape index (κ3) is 7.32. The van der Waals surface area contributed by atoms with Crippen molar-refractivity contribution in [1.82, 2.24) is 15.5 Å². The smallest absolute Gasteiger partial charge is 0.239 e. The lowest BCUT2D eigenvalue weighted by Gasteiger charge is -2.16. The molecule has 1 amide bonds. The molecule has 2 N–H and O–H groups in total. The maximum absolute atomic E-state index is 12.3. The number of rotatable bonds is 9. The molecule has 1 aromatic carbocycles. The quantitative estimate of drug-likeness (QED) is 0.624. The van der Waals surface area contributed by atoms with Crippen LogP contribution < -0.4 is 10.6 Å². The Hall–Kier alpha value is -2.52. The Labute approximate surface area is 166 Å². The highest BCUT2D eigenvalue weighted by atomic mass is 35.5. The van der Waals surface area contributed by atoms with Gasteiger partial charge < -0.3 is 15.1 Å². The van der Waals surface area contributed by atoms with Gasteiger partial charge in [0, 0.05) is 17.1 Å². The summed E-state index contributed by atoms with van der Waals surface area (Å²) in [6.07, 6.45) is 11.5. The van der Waals surface area contributed by atoms with Gasteiger partial charge in [-0.2, -0.15) is 0 Å². The summed E-state index contributed by atoms with van der Waals surface area (Å²) in [5.41, 5.74) is 1.88. The number of terminal acetylenes is 1.